The van der Waals surface area contributed by atoms with Crippen molar-refractivity contribution in [3.63, 3.8) is 0 Å². The lowest BCUT2D eigenvalue weighted by molar-refractivity contribution is -0.101. The summed E-state index contributed by atoms with van der Waals surface area (Å²) in [6.07, 6.45) is -0.361. The molecule has 0 saturated carbocycles. The van der Waals surface area contributed by atoms with Crippen LogP contribution in [0.2, 0.25) is 0 Å². The van der Waals surface area contributed by atoms with Crippen molar-refractivity contribution in [3.05, 3.63) is 23.8 Å². The molecule has 2 rings (SSSR count). The number of nitrogens with two attached hydrogens (primary N) is 1. The summed E-state index contributed by atoms with van der Waals surface area (Å²) < 4.78 is 5.73. The second-order valence-corrected chi connectivity index (χ2v) is 5.61. The standard InChI is InChI=1S/C14H20N2O4/c1-14(2)8-16(6-9(7-17)20-14)12-10(13(18)19)4-3-5-11(12)15/h3-5,9,17H,6-8,15H2,1-2H3,(H,18,19). The summed E-state index contributed by atoms with van der Waals surface area (Å²) in [5.41, 5.74) is 6.55. The SMILES string of the molecule is CC1(C)CN(c2c(N)cccc2C(=O)O)CC(CO)O1. The van der Waals surface area contributed by atoms with Gasteiger partial charge < -0.3 is 25.6 Å². The minimum Gasteiger partial charge on any atom is -0.478 e. The smallest absolute Gasteiger partial charge is 0.337 e. The number of hydrogen-bond acceptors (Lipinski definition) is 5. The van der Waals surface area contributed by atoms with Crippen molar-refractivity contribution in [2.75, 3.05) is 30.3 Å². The summed E-state index contributed by atoms with van der Waals surface area (Å²) in [6.45, 7) is 4.62. The number of morpholine rings is 1. The van der Waals surface area contributed by atoms with E-state index in [1.54, 1.807) is 12.1 Å². The number of nitrogens with zero attached hydrogens (tertiary/aromatic N) is 1. The number of benzene rings is 1. The molecule has 0 aliphatic carbocycles. The number of aromatic carboxylic acids is 1. The molecule has 0 aromatic heterocycles. The molecule has 1 saturated heterocycles. The Hall–Kier alpha value is -1.79. The monoisotopic (exact) mass is 280 g/mol. The van der Waals surface area contributed by atoms with Gasteiger partial charge in [-0.05, 0) is 26.0 Å². The number of hydrogen-bond donors (Lipinski definition) is 3. The van der Waals surface area contributed by atoms with Crippen molar-refractivity contribution in [3.8, 4) is 0 Å². The summed E-state index contributed by atoms with van der Waals surface area (Å²) in [5.74, 6) is -1.02. The average Bonchev–Trinajstić information content (AvgIpc) is 2.36. The number of anilines is 2. The molecule has 20 heavy (non-hydrogen) atoms. The fourth-order valence-corrected chi connectivity index (χ4v) is 2.65. The van der Waals surface area contributed by atoms with Gasteiger partial charge in [0.25, 0.3) is 0 Å². The maximum atomic E-state index is 11.4. The van der Waals surface area contributed by atoms with E-state index in [0.717, 1.165) is 0 Å². The quantitative estimate of drug-likeness (QED) is 0.713. The minimum absolute atomic E-state index is 0.116. The maximum absolute atomic E-state index is 11.4. The van der Waals surface area contributed by atoms with Crippen LogP contribution in [0.5, 0.6) is 0 Å². The van der Waals surface area contributed by atoms with Gasteiger partial charge in [0.15, 0.2) is 0 Å². The highest BCUT2D eigenvalue weighted by Gasteiger charge is 2.35. The Balaban J connectivity index is 2.42. The summed E-state index contributed by atoms with van der Waals surface area (Å²) >= 11 is 0. The van der Waals surface area contributed by atoms with Crippen molar-refractivity contribution in [1.29, 1.82) is 0 Å². The van der Waals surface area contributed by atoms with Crippen LogP contribution in [0.25, 0.3) is 0 Å². The van der Waals surface area contributed by atoms with Crippen molar-refractivity contribution in [2.24, 2.45) is 0 Å². The summed E-state index contributed by atoms with van der Waals surface area (Å²) in [6, 6.07) is 4.83. The Labute approximate surface area is 117 Å². The van der Waals surface area contributed by atoms with Gasteiger partial charge in [0.2, 0.25) is 0 Å². The van der Waals surface area contributed by atoms with Crippen LogP contribution >= 0.6 is 0 Å². The summed E-state index contributed by atoms with van der Waals surface area (Å²) in [4.78, 5) is 13.2. The Bertz CT molecular complexity index is 516. The molecule has 1 unspecified atom stereocenters. The molecule has 1 atom stereocenters. The lowest BCUT2D eigenvalue weighted by atomic mass is 10.0. The van der Waals surface area contributed by atoms with Crippen molar-refractivity contribution in [1.82, 2.24) is 0 Å². The lowest BCUT2D eigenvalue weighted by Crippen LogP contribution is -2.54. The minimum atomic E-state index is -1.02. The first-order valence-corrected chi connectivity index (χ1v) is 6.49. The van der Waals surface area contributed by atoms with Crippen LogP contribution in [0.15, 0.2) is 18.2 Å². The molecule has 1 aromatic carbocycles. The van der Waals surface area contributed by atoms with E-state index in [0.29, 0.717) is 24.5 Å². The lowest BCUT2D eigenvalue weighted by Gasteiger charge is -2.44. The van der Waals surface area contributed by atoms with E-state index >= 15 is 0 Å². The summed E-state index contributed by atoms with van der Waals surface area (Å²) in [7, 11) is 0. The molecule has 0 amide bonds. The molecule has 4 N–H and O–H groups in total. The Morgan fingerprint density at radius 3 is 2.85 bits per heavy atom. The molecule has 0 radical (unpaired) electrons. The second-order valence-electron chi connectivity index (χ2n) is 5.61. The third-order valence-corrected chi connectivity index (χ3v) is 3.30. The van der Waals surface area contributed by atoms with Crippen LogP contribution in [-0.2, 0) is 4.74 Å². The van der Waals surface area contributed by atoms with Gasteiger partial charge in [-0.2, -0.15) is 0 Å². The van der Waals surface area contributed by atoms with Crippen LogP contribution in [0.3, 0.4) is 0 Å². The van der Waals surface area contributed by atoms with Gasteiger partial charge >= 0.3 is 5.97 Å². The van der Waals surface area contributed by atoms with Crippen LogP contribution < -0.4 is 10.6 Å². The van der Waals surface area contributed by atoms with E-state index < -0.39 is 11.6 Å². The van der Waals surface area contributed by atoms with Crippen LogP contribution in [0, 0.1) is 0 Å². The Morgan fingerprint density at radius 2 is 2.25 bits per heavy atom. The third-order valence-electron chi connectivity index (χ3n) is 3.30. The third kappa shape index (κ3) is 2.86. The molecule has 6 nitrogen and oxygen atoms in total. The molecule has 1 aliphatic rings. The Morgan fingerprint density at radius 1 is 1.55 bits per heavy atom. The number of carboxylic acid groups (broad SMARTS) is 1. The van der Waals surface area contributed by atoms with Gasteiger partial charge in [-0.3, -0.25) is 0 Å². The first kappa shape index (κ1) is 14.6. The number of nitrogen functional groups attached to an aromatic ring is 1. The van der Waals surface area contributed by atoms with E-state index in [1.807, 2.05) is 18.7 Å². The molecule has 1 aliphatic heterocycles. The highest BCUT2D eigenvalue weighted by atomic mass is 16.5. The van der Waals surface area contributed by atoms with Gasteiger partial charge in [0.05, 0.1) is 35.3 Å². The largest absolute Gasteiger partial charge is 0.478 e. The molecule has 1 heterocycles. The van der Waals surface area contributed by atoms with Crippen molar-refractivity contribution < 1.29 is 19.7 Å². The fourth-order valence-electron chi connectivity index (χ4n) is 2.65. The van der Waals surface area contributed by atoms with Crippen molar-refractivity contribution in [2.45, 2.75) is 25.6 Å². The molecular weight excluding hydrogens is 260 g/mol. The molecular formula is C14H20N2O4. The first-order valence-electron chi connectivity index (χ1n) is 6.49. The fraction of sp³-hybridized carbons (Fsp3) is 0.500. The van der Waals surface area contributed by atoms with E-state index in [9.17, 15) is 15.0 Å². The Kier molecular flexibility index (Phi) is 3.87. The predicted octanol–water partition coefficient (Wildman–Crippen LogP) is 0.943. The maximum Gasteiger partial charge on any atom is 0.337 e. The zero-order valence-electron chi connectivity index (χ0n) is 11.7. The topological polar surface area (TPSA) is 96.0 Å². The number of carboxylic acids is 1. The first-order chi connectivity index (χ1) is 9.34. The van der Waals surface area contributed by atoms with Gasteiger partial charge in [-0.15, -0.1) is 0 Å². The van der Waals surface area contributed by atoms with E-state index in [1.165, 1.54) is 6.07 Å². The number of carbonyl (C=O) groups is 1. The zero-order chi connectivity index (χ0) is 14.9. The zero-order valence-corrected chi connectivity index (χ0v) is 11.7. The number of rotatable bonds is 3. The highest BCUT2D eigenvalue weighted by molar-refractivity contribution is 5.98. The molecule has 6 heteroatoms. The van der Waals surface area contributed by atoms with E-state index in [4.69, 9.17) is 10.5 Å². The molecule has 0 bridgehead atoms. The van der Waals surface area contributed by atoms with Crippen LogP contribution in [0.1, 0.15) is 24.2 Å². The van der Waals surface area contributed by atoms with E-state index in [-0.39, 0.29) is 18.3 Å². The molecule has 110 valence electrons. The van der Waals surface area contributed by atoms with Gasteiger partial charge in [-0.25, -0.2) is 4.79 Å². The van der Waals surface area contributed by atoms with E-state index in [2.05, 4.69) is 0 Å². The molecule has 1 fully saturated rings. The predicted molar refractivity (Wildman–Crippen MR) is 76.1 cm³/mol. The molecule has 1 aromatic rings. The second kappa shape index (κ2) is 5.30. The number of para-hydroxylation sites is 1. The van der Waals surface area contributed by atoms with Crippen LogP contribution in [0.4, 0.5) is 11.4 Å². The summed E-state index contributed by atoms with van der Waals surface area (Å²) in [5, 5.41) is 18.6. The van der Waals surface area contributed by atoms with Gasteiger partial charge in [0, 0.05) is 13.1 Å². The van der Waals surface area contributed by atoms with Crippen LogP contribution in [-0.4, -0.2) is 47.6 Å². The average molecular weight is 280 g/mol. The normalized spacial score (nSPS) is 21.8. The number of ether oxygens (including phenoxy) is 1. The molecule has 0 spiro atoms. The van der Waals surface area contributed by atoms with Gasteiger partial charge in [0.1, 0.15) is 0 Å². The number of aliphatic hydroxyl groups is 1. The van der Waals surface area contributed by atoms with Crippen molar-refractivity contribution >= 4 is 17.3 Å². The van der Waals surface area contributed by atoms with Gasteiger partial charge in [-0.1, -0.05) is 6.07 Å². The highest BCUT2D eigenvalue weighted by Crippen LogP contribution is 2.33. The number of aliphatic hydroxyl groups excluding tert-OH is 1.